The Bertz CT molecular complexity index is 1520. The molecule has 9 nitrogen and oxygen atoms in total. The van der Waals surface area contributed by atoms with Gasteiger partial charge in [0, 0.05) is 11.8 Å². The van der Waals surface area contributed by atoms with Crippen LogP contribution in [0.2, 0.25) is 0 Å². The molecule has 0 spiro atoms. The summed E-state index contributed by atoms with van der Waals surface area (Å²) in [5.41, 5.74) is 0.565. The Hall–Kier alpha value is -3.97. The van der Waals surface area contributed by atoms with Crippen molar-refractivity contribution in [1.82, 2.24) is 20.3 Å². The Morgan fingerprint density at radius 2 is 1.86 bits per heavy atom. The molecule has 0 fully saturated rings. The first-order valence-electron chi connectivity index (χ1n) is 11.0. The molecule has 1 atom stereocenters. The van der Waals surface area contributed by atoms with Crippen molar-refractivity contribution in [3.63, 3.8) is 0 Å². The fourth-order valence-corrected chi connectivity index (χ4v) is 4.22. The van der Waals surface area contributed by atoms with Crippen LogP contribution >= 0.6 is 0 Å². The van der Waals surface area contributed by atoms with Gasteiger partial charge in [-0.3, -0.25) is 9.78 Å². The number of aromatic nitrogens is 3. The molecule has 4 rings (SSSR count). The van der Waals surface area contributed by atoms with Gasteiger partial charge in [-0.15, -0.1) is 0 Å². The van der Waals surface area contributed by atoms with Crippen molar-refractivity contribution in [2.24, 2.45) is 0 Å². The van der Waals surface area contributed by atoms with Gasteiger partial charge in [-0.05, 0) is 54.6 Å². The van der Waals surface area contributed by atoms with Crippen LogP contribution < -0.4 is 10.1 Å². The van der Waals surface area contributed by atoms with Gasteiger partial charge in [-0.1, -0.05) is 6.92 Å². The molecule has 0 aliphatic rings. The summed E-state index contributed by atoms with van der Waals surface area (Å²) in [5, 5.41) is 12.4. The number of benzene rings is 2. The van der Waals surface area contributed by atoms with E-state index < -0.39 is 40.1 Å². The highest BCUT2D eigenvalue weighted by atomic mass is 32.2. The minimum atomic E-state index is -4.46. The van der Waals surface area contributed by atoms with E-state index >= 15 is 0 Å². The number of carbonyl (C=O) groups excluding carboxylic acids is 1. The maximum Gasteiger partial charge on any atom is 0.416 e. The average Bonchev–Trinajstić information content (AvgIpc) is 3.28. The third-order valence-electron chi connectivity index (χ3n) is 5.46. The predicted octanol–water partition coefficient (Wildman–Crippen LogP) is 4.03. The highest BCUT2D eigenvalue weighted by Gasteiger charge is 2.30. The normalized spacial score (nSPS) is 12.9. The molecule has 0 saturated heterocycles. The van der Waals surface area contributed by atoms with E-state index in [2.05, 4.69) is 20.3 Å². The number of pyridine rings is 1. The summed E-state index contributed by atoms with van der Waals surface area (Å²) in [6, 6.07) is 10.6. The summed E-state index contributed by atoms with van der Waals surface area (Å²) in [6.45, 7) is 1.04. The summed E-state index contributed by atoms with van der Waals surface area (Å²) >= 11 is 0. The monoisotopic (exact) mass is 534 g/mol. The standard InChI is InChI=1S/C24H21F3N4O5S/c1-2-37(34,35)17-8-10-18(28-12-17)21(13-32)29-22(33)14-3-9-19-20(11-14)31-23(30-19)36-16-6-4-15(5-7-16)24(25,26)27/h3-12,21,32H,2,13H2,1H3,(H,29,33)(H,30,31)/t21-/m0/s1. The third-order valence-corrected chi connectivity index (χ3v) is 7.18. The third kappa shape index (κ3) is 5.89. The van der Waals surface area contributed by atoms with Gasteiger partial charge in [0.2, 0.25) is 0 Å². The van der Waals surface area contributed by atoms with Gasteiger partial charge < -0.3 is 20.1 Å². The van der Waals surface area contributed by atoms with Crippen LogP contribution in [0.4, 0.5) is 13.2 Å². The van der Waals surface area contributed by atoms with Crippen molar-refractivity contribution in [2.45, 2.75) is 24.0 Å². The second-order valence-corrected chi connectivity index (χ2v) is 10.2. The van der Waals surface area contributed by atoms with E-state index in [1.54, 1.807) is 6.07 Å². The smallest absolute Gasteiger partial charge is 0.416 e. The van der Waals surface area contributed by atoms with E-state index in [0.29, 0.717) is 11.0 Å². The number of H-pyrrole nitrogens is 1. The summed E-state index contributed by atoms with van der Waals surface area (Å²) in [6.07, 6.45) is -3.28. The first-order valence-corrected chi connectivity index (χ1v) is 12.6. The lowest BCUT2D eigenvalue weighted by Crippen LogP contribution is -2.31. The average molecular weight is 535 g/mol. The summed E-state index contributed by atoms with van der Waals surface area (Å²) in [4.78, 5) is 24.0. The zero-order chi connectivity index (χ0) is 26.8. The van der Waals surface area contributed by atoms with Gasteiger partial charge in [-0.25, -0.2) is 8.42 Å². The number of rotatable bonds is 8. The number of halogens is 3. The fraction of sp³-hybridized carbons (Fsp3) is 0.208. The van der Waals surface area contributed by atoms with Gasteiger partial charge in [0.05, 0.1) is 45.6 Å². The van der Waals surface area contributed by atoms with Crippen LogP contribution in [0.15, 0.2) is 65.7 Å². The highest BCUT2D eigenvalue weighted by Crippen LogP contribution is 2.31. The van der Waals surface area contributed by atoms with E-state index in [1.807, 2.05) is 0 Å². The van der Waals surface area contributed by atoms with E-state index in [0.717, 1.165) is 12.1 Å². The zero-order valence-electron chi connectivity index (χ0n) is 19.3. The number of nitrogens with one attached hydrogen (secondary N) is 2. The summed E-state index contributed by atoms with van der Waals surface area (Å²) < 4.78 is 67.6. The van der Waals surface area contributed by atoms with Gasteiger partial charge in [0.25, 0.3) is 11.9 Å². The zero-order valence-corrected chi connectivity index (χ0v) is 20.1. The number of alkyl halides is 3. The van der Waals surface area contributed by atoms with E-state index in [9.17, 15) is 31.5 Å². The molecule has 0 aliphatic heterocycles. The number of ether oxygens (including phenoxy) is 1. The molecule has 13 heteroatoms. The van der Waals surface area contributed by atoms with Crippen molar-refractivity contribution in [1.29, 1.82) is 0 Å². The molecular weight excluding hydrogens is 513 g/mol. The van der Waals surface area contributed by atoms with Crippen molar-refractivity contribution in [3.8, 4) is 11.8 Å². The van der Waals surface area contributed by atoms with E-state index in [-0.39, 0.29) is 33.7 Å². The quantitative estimate of drug-likeness (QED) is 0.311. The minimum absolute atomic E-state index is 0.0203. The van der Waals surface area contributed by atoms with E-state index in [4.69, 9.17) is 4.74 Å². The van der Waals surface area contributed by atoms with Crippen LogP contribution in [0.5, 0.6) is 11.8 Å². The number of imidazole rings is 1. The maximum atomic E-state index is 12.8. The highest BCUT2D eigenvalue weighted by molar-refractivity contribution is 7.91. The first-order chi connectivity index (χ1) is 17.5. The first kappa shape index (κ1) is 26.1. The molecule has 3 N–H and O–H groups in total. The number of amides is 1. The van der Waals surface area contributed by atoms with Gasteiger partial charge in [-0.2, -0.15) is 18.2 Å². The number of aliphatic hydroxyl groups excluding tert-OH is 1. The summed E-state index contributed by atoms with van der Waals surface area (Å²) in [5.74, 6) is -0.483. The number of carbonyl (C=O) groups is 1. The number of hydrogen-bond donors (Lipinski definition) is 3. The van der Waals surface area contributed by atoms with Crippen LogP contribution in [-0.4, -0.2) is 46.7 Å². The Kier molecular flexibility index (Phi) is 7.18. The molecule has 4 aromatic rings. The molecule has 2 heterocycles. The lowest BCUT2D eigenvalue weighted by molar-refractivity contribution is -0.137. The molecular formula is C24H21F3N4O5S. The van der Waals surface area contributed by atoms with E-state index in [1.165, 1.54) is 49.5 Å². The lowest BCUT2D eigenvalue weighted by atomic mass is 10.1. The molecule has 194 valence electrons. The fourth-order valence-electron chi connectivity index (χ4n) is 3.40. The Morgan fingerprint density at radius 1 is 1.14 bits per heavy atom. The lowest BCUT2D eigenvalue weighted by Gasteiger charge is -2.16. The van der Waals surface area contributed by atoms with Crippen molar-refractivity contribution in [3.05, 3.63) is 77.6 Å². The van der Waals surface area contributed by atoms with Gasteiger partial charge >= 0.3 is 6.18 Å². The van der Waals surface area contributed by atoms with Gasteiger partial charge in [0.15, 0.2) is 9.84 Å². The molecule has 2 aromatic heterocycles. The van der Waals surface area contributed by atoms with Crippen molar-refractivity contribution >= 4 is 26.8 Å². The SMILES string of the molecule is CCS(=O)(=O)c1ccc([C@H](CO)NC(=O)c2ccc3[nH]c(Oc4ccc(C(F)(F)F)cc4)nc3c2)nc1. The molecule has 0 unspecified atom stereocenters. The van der Waals surface area contributed by atoms with Crippen LogP contribution in [0, 0.1) is 0 Å². The Morgan fingerprint density at radius 3 is 2.46 bits per heavy atom. The number of sulfone groups is 1. The molecule has 0 radical (unpaired) electrons. The van der Waals surface area contributed by atoms with Crippen LogP contribution in [-0.2, 0) is 16.0 Å². The number of hydrogen-bond acceptors (Lipinski definition) is 7. The van der Waals surface area contributed by atoms with Crippen molar-refractivity contribution in [2.75, 3.05) is 12.4 Å². The number of fused-ring (bicyclic) bond motifs is 1. The molecule has 0 bridgehead atoms. The number of aliphatic hydroxyl groups is 1. The number of nitrogens with zero attached hydrogens (tertiary/aromatic N) is 2. The molecule has 0 saturated carbocycles. The van der Waals surface area contributed by atoms with Crippen LogP contribution in [0.1, 0.15) is 34.6 Å². The molecule has 1 amide bonds. The Labute approximate surface area is 209 Å². The number of aromatic amines is 1. The largest absolute Gasteiger partial charge is 0.426 e. The van der Waals surface area contributed by atoms with Crippen LogP contribution in [0.25, 0.3) is 11.0 Å². The minimum Gasteiger partial charge on any atom is -0.426 e. The molecule has 2 aromatic carbocycles. The second kappa shape index (κ2) is 10.2. The summed E-state index contributed by atoms with van der Waals surface area (Å²) in [7, 11) is -3.44. The van der Waals surface area contributed by atoms with Crippen LogP contribution in [0.3, 0.4) is 0 Å². The molecule has 0 aliphatic carbocycles. The Balaban J connectivity index is 1.48. The molecule has 37 heavy (non-hydrogen) atoms. The topological polar surface area (TPSA) is 134 Å². The predicted molar refractivity (Wildman–Crippen MR) is 127 cm³/mol. The second-order valence-electron chi connectivity index (χ2n) is 7.93. The van der Waals surface area contributed by atoms with Gasteiger partial charge in [0.1, 0.15) is 5.75 Å². The maximum absolute atomic E-state index is 12.8. The van der Waals surface area contributed by atoms with Crippen molar-refractivity contribution < 1.29 is 36.2 Å².